The van der Waals surface area contributed by atoms with Crippen molar-refractivity contribution in [2.75, 3.05) is 13.2 Å². The van der Waals surface area contributed by atoms with Gasteiger partial charge in [0.05, 0.1) is 18.1 Å². The average molecular weight is 434 g/mol. The molecule has 1 aliphatic carbocycles. The fourth-order valence-corrected chi connectivity index (χ4v) is 6.15. The van der Waals surface area contributed by atoms with Gasteiger partial charge >= 0.3 is 11.9 Å². The Morgan fingerprint density at radius 1 is 1.00 bits per heavy atom. The van der Waals surface area contributed by atoms with Crippen molar-refractivity contribution in [2.24, 2.45) is 5.41 Å². The number of esters is 2. The molecule has 8 heteroatoms. The van der Waals surface area contributed by atoms with Gasteiger partial charge in [-0.3, -0.25) is 9.59 Å². The molecular weight excluding hydrogens is 411 g/mol. The van der Waals surface area contributed by atoms with Gasteiger partial charge in [0, 0.05) is 5.92 Å². The molecule has 0 aromatic heterocycles. The molecule has 30 heavy (non-hydrogen) atoms. The molecule has 1 aliphatic rings. The van der Waals surface area contributed by atoms with Crippen LogP contribution in [0, 0.1) is 18.2 Å². The number of ether oxygens (including phenoxy) is 2. The van der Waals surface area contributed by atoms with Crippen molar-refractivity contribution < 1.29 is 31.9 Å². The second kappa shape index (κ2) is 8.18. The minimum Gasteiger partial charge on any atom is -0.465 e. The van der Waals surface area contributed by atoms with E-state index >= 15 is 0 Å². The molecule has 0 N–H and O–H groups in total. The van der Waals surface area contributed by atoms with Crippen LogP contribution < -0.4 is 0 Å². The van der Waals surface area contributed by atoms with Crippen LogP contribution in [0.15, 0.2) is 53.4 Å². The van der Waals surface area contributed by atoms with Crippen LogP contribution >= 0.6 is 0 Å². The number of carbonyl (C=O) groups is 2. The number of rotatable bonds is 7. The molecule has 1 saturated carbocycles. The van der Waals surface area contributed by atoms with Crippen molar-refractivity contribution in [2.45, 2.75) is 36.8 Å². The van der Waals surface area contributed by atoms with Gasteiger partial charge in [-0.2, -0.15) is 0 Å². The lowest BCUT2D eigenvalue weighted by atomic mass is 9.99. The van der Waals surface area contributed by atoms with Crippen molar-refractivity contribution in [3.8, 4) is 0 Å². The van der Waals surface area contributed by atoms with Crippen molar-refractivity contribution in [3.05, 3.63) is 65.5 Å². The molecule has 1 fully saturated rings. The van der Waals surface area contributed by atoms with Gasteiger partial charge in [-0.15, -0.1) is 0 Å². The van der Waals surface area contributed by atoms with E-state index in [0.717, 1.165) is 11.6 Å². The van der Waals surface area contributed by atoms with E-state index in [1.165, 1.54) is 30.3 Å². The first-order valence-electron chi connectivity index (χ1n) is 9.61. The largest absolute Gasteiger partial charge is 0.465 e. The fraction of sp³-hybridized carbons (Fsp3) is 0.364. The Morgan fingerprint density at radius 2 is 1.57 bits per heavy atom. The predicted molar refractivity (Wildman–Crippen MR) is 107 cm³/mol. The van der Waals surface area contributed by atoms with E-state index in [1.54, 1.807) is 26.0 Å². The van der Waals surface area contributed by atoms with Gasteiger partial charge in [0.15, 0.2) is 15.3 Å². The van der Waals surface area contributed by atoms with Crippen LogP contribution in [-0.2, 0) is 28.9 Å². The molecule has 0 unspecified atom stereocenters. The summed E-state index contributed by atoms with van der Waals surface area (Å²) in [5.74, 6) is -3.71. The van der Waals surface area contributed by atoms with E-state index in [-0.39, 0.29) is 23.7 Å². The molecule has 6 nitrogen and oxygen atoms in total. The zero-order valence-corrected chi connectivity index (χ0v) is 17.7. The lowest BCUT2D eigenvalue weighted by Gasteiger charge is -2.15. The first kappa shape index (κ1) is 22.0. The lowest BCUT2D eigenvalue weighted by Crippen LogP contribution is -2.35. The van der Waals surface area contributed by atoms with E-state index in [9.17, 15) is 22.4 Å². The maximum Gasteiger partial charge on any atom is 0.325 e. The minimum absolute atomic E-state index is 0.0324. The van der Waals surface area contributed by atoms with E-state index < -0.39 is 44.2 Å². The van der Waals surface area contributed by atoms with E-state index in [0.29, 0.717) is 0 Å². The Hall–Kier alpha value is -2.74. The number of hydrogen-bond donors (Lipinski definition) is 0. The van der Waals surface area contributed by atoms with Gasteiger partial charge in [0.2, 0.25) is 0 Å². The molecule has 0 bridgehead atoms. The number of aryl methyl sites for hydroxylation is 1. The molecular formula is C22H23FO6S. The van der Waals surface area contributed by atoms with Crippen LogP contribution in [0.2, 0.25) is 0 Å². The monoisotopic (exact) mass is 434 g/mol. The summed E-state index contributed by atoms with van der Waals surface area (Å²) in [5.41, 5.74) is -1.02. The fourth-order valence-electron chi connectivity index (χ4n) is 3.86. The topological polar surface area (TPSA) is 86.7 Å². The summed E-state index contributed by atoms with van der Waals surface area (Å²) < 4.78 is 51.1. The summed E-state index contributed by atoms with van der Waals surface area (Å²) in [6.07, 6.45) is 0. The molecule has 0 amide bonds. The summed E-state index contributed by atoms with van der Waals surface area (Å²) >= 11 is 0. The van der Waals surface area contributed by atoms with Crippen molar-refractivity contribution in [3.63, 3.8) is 0 Å². The van der Waals surface area contributed by atoms with Crippen molar-refractivity contribution in [1.82, 2.24) is 0 Å². The van der Waals surface area contributed by atoms with E-state index in [1.807, 2.05) is 6.92 Å². The molecule has 2 aromatic carbocycles. The quantitative estimate of drug-likeness (QED) is 0.491. The van der Waals surface area contributed by atoms with Crippen LogP contribution in [0.1, 0.15) is 30.9 Å². The Balaban J connectivity index is 2.21. The summed E-state index contributed by atoms with van der Waals surface area (Å²) in [5, 5.41) is -1.47. The smallest absolute Gasteiger partial charge is 0.325 e. The van der Waals surface area contributed by atoms with Crippen LogP contribution in [0.5, 0.6) is 0 Å². The van der Waals surface area contributed by atoms with Crippen molar-refractivity contribution >= 4 is 21.8 Å². The molecule has 0 spiro atoms. The third-order valence-electron chi connectivity index (χ3n) is 5.25. The Labute approximate surface area is 174 Å². The predicted octanol–water partition coefficient (Wildman–Crippen LogP) is 3.19. The van der Waals surface area contributed by atoms with Crippen LogP contribution in [-0.4, -0.2) is 38.8 Å². The third-order valence-corrected chi connectivity index (χ3v) is 7.49. The number of carbonyl (C=O) groups excluding carboxylic acids is 2. The maximum absolute atomic E-state index is 13.9. The SMILES string of the molecule is CCOC(=O)C1(C(=O)OCC)[C@H](c2cccc(F)c2)[C@@H]1S(=O)(=O)c1ccc(C)cc1. The lowest BCUT2D eigenvalue weighted by molar-refractivity contribution is -0.164. The molecule has 160 valence electrons. The molecule has 0 radical (unpaired) electrons. The van der Waals surface area contributed by atoms with Crippen LogP contribution in [0.4, 0.5) is 4.39 Å². The first-order chi connectivity index (χ1) is 14.2. The number of benzene rings is 2. The van der Waals surface area contributed by atoms with Crippen LogP contribution in [0.3, 0.4) is 0 Å². The normalized spacial score (nSPS) is 19.7. The summed E-state index contributed by atoms with van der Waals surface area (Å²) in [6.45, 7) is 4.82. The van der Waals surface area contributed by atoms with Gasteiger partial charge in [0.25, 0.3) is 0 Å². The number of halogens is 1. The van der Waals surface area contributed by atoms with Gasteiger partial charge in [-0.25, -0.2) is 12.8 Å². The average Bonchev–Trinajstić information content (AvgIpc) is 3.41. The molecule has 0 aliphatic heterocycles. The van der Waals surface area contributed by atoms with Gasteiger partial charge in [-0.1, -0.05) is 29.8 Å². The highest BCUT2D eigenvalue weighted by molar-refractivity contribution is 7.92. The Bertz CT molecular complexity index is 1040. The molecule has 2 atom stereocenters. The summed E-state index contributed by atoms with van der Waals surface area (Å²) in [6, 6.07) is 11.3. The highest BCUT2D eigenvalue weighted by atomic mass is 32.2. The number of hydrogen-bond acceptors (Lipinski definition) is 6. The first-order valence-corrected chi connectivity index (χ1v) is 11.2. The van der Waals surface area contributed by atoms with E-state index in [4.69, 9.17) is 9.47 Å². The Morgan fingerprint density at radius 3 is 2.07 bits per heavy atom. The minimum atomic E-state index is -4.15. The zero-order valence-electron chi connectivity index (χ0n) is 16.9. The number of sulfone groups is 1. The van der Waals surface area contributed by atoms with Crippen LogP contribution in [0.25, 0.3) is 0 Å². The third kappa shape index (κ3) is 3.49. The maximum atomic E-state index is 13.9. The van der Waals surface area contributed by atoms with Gasteiger partial charge in [-0.05, 0) is 50.6 Å². The molecule has 0 saturated heterocycles. The van der Waals surface area contributed by atoms with E-state index in [2.05, 4.69) is 0 Å². The molecule has 0 heterocycles. The van der Waals surface area contributed by atoms with Gasteiger partial charge in [0.1, 0.15) is 11.1 Å². The molecule has 3 rings (SSSR count). The summed E-state index contributed by atoms with van der Waals surface area (Å²) in [7, 11) is -4.15. The standard InChI is InChI=1S/C22H23FO6S/c1-4-28-20(24)22(21(25)29-5-2)18(15-7-6-8-16(23)13-15)19(22)30(26,27)17-11-9-14(3)10-12-17/h6-13,18-19H,4-5H2,1-3H3/t18-,19+/m1/s1. The Kier molecular flexibility index (Phi) is 5.99. The second-order valence-electron chi connectivity index (χ2n) is 7.12. The van der Waals surface area contributed by atoms with Gasteiger partial charge < -0.3 is 9.47 Å². The molecule has 2 aromatic rings. The second-order valence-corrected chi connectivity index (χ2v) is 9.19. The zero-order chi connectivity index (χ0) is 22.1. The summed E-state index contributed by atoms with van der Waals surface area (Å²) in [4.78, 5) is 25.9. The van der Waals surface area contributed by atoms with Crippen molar-refractivity contribution in [1.29, 1.82) is 0 Å². The highest BCUT2D eigenvalue weighted by Gasteiger charge is 2.81. The highest BCUT2D eigenvalue weighted by Crippen LogP contribution is 2.65.